The lowest BCUT2D eigenvalue weighted by Gasteiger charge is -2.15. The van der Waals surface area contributed by atoms with E-state index in [9.17, 15) is 0 Å². The van der Waals surface area contributed by atoms with Gasteiger partial charge in [0.2, 0.25) is 0 Å². The van der Waals surface area contributed by atoms with Crippen LogP contribution in [0, 0.1) is 6.92 Å². The summed E-state index contributed by atoms with van der Waals surface area (Å²) in [7, 11) is 3.65. The Morgan fingerprint density at radius 3 is 2.68 bits per heavy atom. The maximum Gasteiger partial charge on any atom is 0.141 e. The van der Waals surface area contributed by atoms with Gasteiger partial charge < -0.3 is 15.0 Å². The standard InChI is InChI=1S/C14H19N3O2/c1-10-6-12(16-19-10)9-17(2)8-11-4-5-14(18-3)13(15)7-11/h4-7H,8-9,15H2,1-3H3. The number of anilines is 1. The fraction of sp³-hybridized carbons (Fsp3) is 0.357. The smallest absolute Gasteiger partial charge is 0.141 e. The summed E-state index contributed by atoms with van der Waals surface area (Å²) in [5.41, 5.74) is 8.62. The highest BCUT2D eigenvalue weighted by Crippen LogP contribution is 2.22. The maximum atomic E-state index is 5.89. The fourth-order valence-corrected chi connectivity index (χ4v) is 2.02. The lowest BCUT2D eigenvalue weighted by molar-refractivity contribution is 0.302. The number of nitrogen functional groups attached to an aromatic ring is 1. The number of aryl methyl sites for hydroxylation is 1. The lowest BCUT2D eigenvalue weighted by Crippen LogP contribution is -2.17. The summed E-state index contributed by atoms with van der Waals surface area (Å²) in [5.74, 6) is 1.54. The van der Waals surface area contributed by atoms with Crippen LogP contribution in [0.2, 0.25) is 0 Å². The number of nitrogens with zero attached hydrogens (tertiary/aromatic N) is 2. The molecule has 5 heteroatoms. The Bertz CT molecular complexity index is 551. The predicted molar refractivity (Wildman–Crippen MR) is 73.8 cm³/mol. The number of rotatable bonds is 5. The Kier molecular flexibility index (Phi) is 4.06. The Morgan fingerprint density at radius 1 is 1.32 bits per heavy atom. The molecule has 0 spiro atoms. The van der Waals surface area contributed by atoms with Crippen LogP contribution in [0.5, 0.6) is 5.75 Å². The van der Waals surface area contributed by atoms with Gasteiger partial charge in [0.25, 0.3) is 0 Å². The summed E-state index contributed by atoms with van der Waals surface area (Å²) in [5, 5.41) is 3.98. The van der Waals surface area contributed by atoms with E-state index in [1.807, 2.05) is 38.2 Å². The van der Waals surface area contributed by atoms with E-state index in [-0.39, 0.29) is 0 Å². The van der Waals surface area contributed by atoms with Gasteiger partial charge in [-0.25, -0.2) is 0 Å². The molecule has 2 N–H and O–H groups in total. The Labute approximate surface area is 112 Å². The second kappa shape index (κ2) is 5.75. The number of hydrogen-bond donors (Lipinski definition) is 1. The third-order valence-electron chi connectivity index (χ3n) is 2.86. The van der Waals surface area contributed by atoms with E-state index in [0.717, 1.165) is 30.1 Å². The van der Waals surface area contributed by atoms with E-state index >= 15 is 0 Å². The zero-order valence-corrected chi connectivity index (χ0v) is 11.5. The summed E-state index contributed by atoms with van der Waals surface area (Å²) < 4.78 is 10.2. The largest absolute Gasteiger partial charge is 0.495 e. The number of hydrogen-bond acceptors (Lipinski definition) is 5. The first-order chi connectivity index (χ1) is 9.08. The normalized spacial score (nSPS) is 10.9. The fourth-order valence-electron chi connectivity index (χ4n) is 2.02. The van der Waals surface area contributed by atoms with Crippen LogP contribution in [0.1, 0.15) is 17.0 Å². The van der Waals surface area contributed by atoms with E-state index in [2.05, 4.69) is 10.1 Å². The summed E-state index contributed by atoms with van der Waals surface area (Å²) >= 11 is 0. The third-order valence-corrected chi connectivity index (χ3v) is 2.86. The molecule has 102 valence electrons. The highest BCUT2D eigenvalue weighted by atomic mass is 16.5. The molecule has 0 saturated carbocycles. The quantitative estimate of drug-likeness (QED) is 0.836. The van der Waals surface area contributed by atoms with E-state index in [4.69, 9.17) is 15.0 Å². The minimum Gasteiger partial charge on any atom is -0.495 e. The van der Waals surface area contributed by atoms with Crippen molar-refractivity contribution in [2.24, 2.45) is 0 Å². The van der Waals surface area contributed by atoms with Gasteiger partial charge in [-0.15, -0.1) is 0 Å². The second-order valence-corrected chi connectivity index (χ2v) is 4.68. The van der Waals surface area contributed by atoms with Crippen molar-refractivity contribution in [3.05, 3.63) is 41.3 Å². The van der Waals surface area contributed by atoms with E-state index in [1.165, 1.54) is 0 Å². The highest BCUT2D eigenvalue weighted by Gasteiger charge is 2.07. The van der Waals surface area contributed by atoms with Crippen molar-refractivity contribution in [1.82, 2.24) is 10.1 Å². The molecular weight excluding hydrogens is 242 g/mol. The van der Waals surface area contributed by atoms with Gasteiger partial charge in [-0.05, 0) is 31.7 Å². The molecule has 0 fully saturated rings. The number of benzene rings is 1. The molecule has 0 aliphatic heterocycles. The molecule has 2 rings (SSSR count). The number of nitrogens with two attached hydrogens (primary N) is 1. The van der Waals surface area contributed by atoms with Gasteiger partial charge in [-0.1, -0.05) is 11.2 Å². The van der Waals surface area contributed by atoms with Crippen LogP contribution in [0.4, 0.5) is 5.69 Å². The van der Waals surface area contributed by atoms with Gasteiger partial charge >= 0.3 is 0 Å². The molecule has 0 radical (unpaired) electrons. The first-order valence-electron chi connectivity index (χ1n) is 6.11. The van der Waals surface area contributed by atoms with Gasteiger partial charge in [0.1, 0.15) is 11.5 Å². The van der Waals surface area contributed by atoms with Crippen LogP contribution in [0.15, 0.2) is 28.8 Å². The first-order valence-corrected chi connectivity index (χ1v) is 6.11. The predicted octanol–water partition coefficient (Wildman–Crippen LogP) is 2.21. The zero-order chi connectivity index (χ0) is 13.8. The van der Waals surface area contributed by atoms with Gasteiger partial charge in [0.05, 0.1) is 18.5 Å². The molecule has 0 bridgehead atoms. The van der Waals surface area contributed by atoms with Gasteiger partial charge in [-0.2, -0.15) is 0 Å². The summed E-state index contributed by atoms with van der Waals surface area (Å²) in [6, 6.07) is 7.78. The Balaban J connectivity index is 1.98. The van der Waals surface area contributed by atoms with Crippen molar-refractivity contribution in [1.29, 1.82) is 0 Å². The van der Waals surface area contributed by atoms with Crippen LogP contribution >= 0.6 is 0 Å². The average Bonchev–Trinajstić information content (AvgIpc) is 2.74. The van der Waals surface area contributed by atoms with Crippen LogP contribution in [-0.2, 0) is 13.1 Å². The molecule has 5 nitrogen and oxygen atoms in total. The summed E-state index contributed by atoms with van der Waals surface area (Å²) in [4.78, 5) is 2.15. The minimum atomic E-state index is 0.658. The van der Waals surface area contributed by atoms with Gasteiger partial charge in [0, 0.05) is 19.2 Å². The van der Waals surface area contributed by atoms with E-state index in [1.54, 1.807) is 7.11 Å². The van der Waals surface area contributed by atoms with Crippen molar-refractivity contribution < 1.29 is 9.26 Å². The van der Waals surface area contributed by atoms with Gasteiger partial charge in [0.15, 0.2) is 0 Å². The molecule has 2 aromatic rings. The molecule has 1 aromatic carbocycles. The monoisotopic (exact) mass is 261 g/mol. The van der Waals surface area contributed by atoms with E-state index in [0.29, 0.717) is 11.4 Å². The van der Waals surface area contributed by atoms with Crippen LogP contribution in [0.3, 0.4) is 0 Å². The molecule has 0 unspecified atom stereocenters. The van der Waals surface area contributed by atoms with Crippen LogP contribution in [0.25, 0.3) is 0 Å². The Morgan fingerprint density at radius 2 is 2.11 bits per heavy atom. The molecule has 19 heavy (non-hydrogen) atoms. The van der Waals surface area contributed by atoms with Crippen molar-refractivity contribution in [3.63, 3.8) is 0 Å². The summed E-state index contributed by atoms with van der Waals surface area (Å²) in [6.45, 7) is 3.42. The van der Waals surface area contributed by atoms with Crippen molar-refractivity contribution in [3.8, 4) is 5.75 Å². The highest BCUT2D eigenvalue weighted by molar-refractivity contribution is 5.54. The Hall–Kier alpha value is -2.01. The zero-order valence-electron chi connectivity index (χ0n) is 11.5. The molecule has 1 aromatic heterocycles. The molecule has 1 heterocycles. The molecule has 0 aliphatic carbocycles. The van der Waals surface area contributed by atoms with Crippen molar-refractivity contribution in [2.75, 3.05) is 19.9 Å². The second-order valence-electron chi connectivity index (χ2n) is 4.68. The molecule has 0 atom stereocenters. The number of methoxy groups -OCH3 is 1. The first kappa shape index (κ1) is 13.4. The lowest BCUT2D eigenvalue weighted by atomic mass is 10.1. The van der Waals surface area contributed by atoms with Crippen molar-refractivity contribution in [2.45, 2.75) is 20.0 Å². The number of ether oxygens (including phenoxy) is 1. The maximum absolute atomic E-state index is 5.89. The molecule has 0 aliphatic rings. The van der Waals surface area contributed by atoms with Crippen LogP contribution in [-0.4, -0.2) is 24.2 Å². The number of aromatic nitrogens is 1. The van der Waals surface area contributed by atoms with Crippen molar-refractivity contribution >= 4 is 5.69 Å². The molecule has 0 amide bonds. The minimum absolute atomic E-state index is 0.658. The third kappa shape index (κ3) is 3.48. The summed E-state index contributed by atoms with van der Waals surface area (Å²) in [6.07, 6.45) is 0. The van der Waals surface area contributed by atoms with Crippen LogP contribution < -0.4 is 10.5 Å². The molecule has 0 saturated heterocycles. The van der Waals surface area contributed by atoms with E-state index < -0.39 is 0 Å². The SMILES string of the molecule is COc1ccc(CN(C)Cc2cc(C)on2)cc1N. The average molecular weight is 261 g/mol. The topological polar surface area (TPSA) is 64.5 Å². The molecular formula is C14H19N3O2. The van der Waals surface area contributed by atoms with Gasteiger partial charge in [-0.3, -0.25) is 4.90 Å².